The van der Waals surface area contributed by atoms with Crippen LogP contribution in [-0.4, -0.2) is 60.5 Å². The van der Waals surface area contributed by atoms with E-state index in [2.05, 4.69) is 20.2 Å². The normalized spacial score (nSPS) is 18.2. The van der Waals surface area contributed by atoms with E-state index in [1.54, 1.807) is 58.3 Å². The predicted molar refractivity (Wildman–Crippen MR) is 154 cm³/mol. The quantitative estimate of drug-likeness (QED) is 0.308. The summed E-state index contributed by atoms with van der Waals surface area (Å²) in [5, 5.41) is 17.9. The first-order valence-corrected chi connectivity index (χ1v) is 15.6. The van der Waals surface area contributed by atoms with Gasteiger partial charge in [0.15, 0.2) is 5.65 Å². The Bertz CT molecular complexity index is 1920. The lowest BCUT2D eigenvalue weighted by Gasteiger charge is -2.32. The van der Waals surface area contributed by atoms with E-state index in [0.29, 0.717) is 40.8 Å². The molecule has 2 aliphatic rings. The number of carbonyl (C=O) groups is 1. The minimum Gasteiger partial charge on any atom is -0.481 e. The van der Waals surface area contributed by atoms with E-state index in [1.807, 2.05) is 6.92 Å². The lowest BCUT2D eigenvalue weighted by molar-refractivity contribution is -0.147. The zero-order chi connectivity index (χ0) is 31.8. The average molecular weight is 627 g/mol. The van der Waals surface area contributed by atoms with Crippen molar-refractivity contribution in [3.63, 3.8) is 0 Å². The minimum atomic E-state index is -4.00. The van der Waals surface area contributed by atoms with E-state index in [1.165, 1.54) is 14.9 Å². The van der Waals surface area contributed by atoms with Crippen molar-refractivity contribution in [3.8, 4) is 5.88 Å². The number of halogens is 2. The first kappa shape index (κ1) is 30.0. The number of rotatable bonds is 7. The average Bonchev–Trinajstić information content (AvgIpc) is 3.57. The van der Waals surface area contributed by atoms with Crippen LogP contribution in [0.1, 0.15) is 78.4 Å². The first-order valence-electron chi connectivity index (χ1n) is 14.1. The molecule has 14 heteroatoms. The summed E-state index contributed by atoms with van der Waals surface area (Å²) in [6.07, 6.45) is 3.14. The van der Waals surface area contributed by atoms with Crippen LogP contribution in [0.2, 0.25) is 0 Å². The monoisotopic (exact) mass is 626 g/mol. The summed E-state index contributed by atoms with van der Waals surface area (Å²) < 4.78 is 63.7. The maximum Gasteiger partial charge on any atom is 0.310 e. The van der Waals surface area contributed by atoms with Crippen molar-refractivity contribution >= 4 is 21.6 Å². The SMILES string of the molecule is Cc1cnc2c(c1)S(=O)(=O)N(Cc1cc(C(c3ccn4c(C(F)F)nnc4c3C)C(C)(C)C(=O)O)ncc1C)CC1(CC1)O2. The molecule has 4 aromatic rings. The van der Waals surface area contributed by atoms with Gasteiger partial charge in [0.25, 0.3) is 6.43 Å². The molecule has 0 bridgehead atoms. The number of hydrogen-bond donors (Lipinski definition) is 1. The highest BCUT2D eigenvalue weighted by Crippen LogP contribution is 2.47. The molecule has 1 unspecified atom stereocenters. The number of carboxylic acid groups (broad SMARTS) is 1. The minimum absolute atomic E-state index is 0.00232. The molecule has 1 aliphatic carbocycles. The van der Waals surface area contributed by atoms with Gasteiger partial charge < -0.3 is 9.84 Å². The maximum absolute atomic E-state index is 14.0. The van der Waals surface area contributed by atoms with E-state index in [9.17, 15) is 27.1 Å². The fraction of sp³-hybridized carbons (Fsp3) is 0.433. The smallest absolute Gasteiger partial charge is 0.310 e. The van der Waals surface area contributed by atoms with E-state index in [0.717, 1.165) is 5.56 Å². The molecule has 4 aromatic heterocycles. The number of alkyl halides is 2. The molecule has 11 nitrogen and oxygen atoms in total. The van der Waals surface area contributed by atoms with Crippen molar-refractivity contribution in [1.82, 2.24) is 28.9 Å². The van der Waals surface area contributed by atoms with Crippen molar-refractivity contribution in [2.24, 2.45) is 5.41 Å². The number of fused-ring (bicyclic) bond motifs is 2. The van der Waals surface area contributed by atoms with Crippen LogP contribution in [0, 0.1) is 26.2 Å². The van der Waals surface area contributed by atoms with Crippen molar-refractivity contribution in [1.29, 1.82) is 0 Å². The van der Waals surface area contributed by atoms with Gasteiger partial charge in [-0.1, -0.05) is 0 Å². The van der Waals surface area contributed by atoms with Gasteiger partial charge >= 0.3 is 5.97 Å². The fourth-order valence-corrected chi connectivity index (χ4v) is 7.48. The van der Waals surface area contributed by atoms with Gasteiger partial charge in [-0.3, -0.25) is 14.2 Å². The summed E-state index contributed by atoms with van der Waals surface area (Å²) in [6.45, 7) is 8.54. The van der Waals surface area contributed by atoms with Gasteiger partial charge in [0.05, 0.1) is 12.0 Å². The number of aliphatic carboxylic acids is 1. The van der Waals surface area contributed by atoms with Gasteiger partial charge in [-0.05, 0) is 93.5 Å². The molecule has 6 rings (SSSR count). The number of pyridine rings is 3. The Labute approximate surface area is 253 Å². The highest BCUT2D eigenvalue weighted by Gasteiger charge is 2.52. The Kier molecular flexibility index (Phi) is 7.00. The molecule has 0 amide bonds. The molecule has 1 fully saturated rings. The van der Waals surface area contributed by atoms with Gasteiger partial charge in [-0.15, -0.1) is 10.2 Å². The number of hydrogen-bond acceptors (Lipinski definition) is 8. The molecule has 1 N–H and O–H groups in total. The van der Waals surface area contributed by atoms with Crippen LogP contribution in [0.25, 0.3) is 5.65 Å². The molecular formula is C30H32F2N6O5S. The van der Waals surface area contributed by atoms with Crippen molar-refractivity contribution < 1.29 is 31.8 Å². The molecule has 5 heterocycles. The molecule has 0 saturated heterocycles. The van der Waals surface area contributed by atoms with Crippen molar-refractivity contribution in [2.45, 2.75) is 76.8 Å². The molecule has 1 aliphatic heterocycles. The lowest BCUT2D eigenvalue weighted by atomic mass is 9.71. The molecule has 44 heavy (non-hydrogen) atoms. The lowest BCUT2D eigenvalue weighted by Crippen LogP contribution is -2.38. The van der Waals surface area contributed by atoms with Crippen molar-refractivity contribution in [3.05, 3.63) is 76.1 Å². The predicted octanol–water partition coefficient (Wildman–Crippen LogP) is 4.74. The third-order valence-corrected chi connectivity index (χ3v) is 10.5. The number of aryl methyl sites for hydroxylation is 3. The zero-order valence-corrected chi connectivity index (χ0v) is 25.7. The van der Waals surface area contributed by atoms with Gasteiger partial charge in [-0.2, -0.15) is 4.31 Å². The molecule has 1 saturated carbocycles. The Morgan fingerprint density at radius 3 is 2.52 bits per heavy atom. The van der Waals surface area contributed by atoms with Gasteiger partial charge in [0, 0.05) is 36.7 Å². The fourth-order valence-electron chi connectivity index (χ4n) is 5.83. The highest BCUT2D eigenvalue weighted by atomic mass is 32.2. The third kappa shape index (κ3) is 4.89. The van der Waals surface area contributed by atoms with Crippen LogP contribution in [0.15, 0.2) is 41.7 Å². The Balaban J connectivity index is 1.45. The van der Waals surface area contributed by atoms with Gasteiger partial charge in [0.1, 0.15) is 10.5 Å². The largest absolute Gasteiger partial charge is 0.481 e. The van der Waals surface area contributed by atoms with Crippen LogP contribution < -0.4 is 4.74 Å². The van der Waals surface area contributed by atoms with Crippen LogP contribution >= 0.6 is 0 Å². The molecule has 1 spiro atoms. The number of nitrogens with zero attached hydrogens (tertiary/aromatic N) is 6. The van der Waals surface area contributed by atoms with E-state index >= 15 is 0 Å². The summed E-state index contributed by atoms with van der Waals surface area (Å²) >= 11 is 0. The standard InChI is InChI=1S/C30H32F2N6O5S/c1-16-10-22-27(34-12-16)43-30(7-8-30)15-37(44(22,41)42)14-19-11-21(33-13-17(19)2)23(29(4,5)28(39)40)20-6-9-38-25(18(20)3)35-36-26(38)24(31)32/h6,9-13,23-24H,7-8,14-15H2,1-5H3,(H,39,40). The maximum atomic E-state index is 14.0. The number of aromatic nitrogens is 5. The molecule has 1 atom stereocenters. The van der Waals surface area contributed by atoms with Crippen molar-refractivity contribution in [2.75, 3.05) is 6.54 Å². The summed E-state index contributed by atoms with van der Waals surface area (Å²) in [7, 11) is -4.00. The second kappa shape index (κ2) is 10.3. The molecular weight excluding hydrogens is 594 g/mol. The summed E-state index contributed by atoms with van der Waals surface area (Å²) in [5.41, 5.74) is 1.58. The molecule has 0 aromatic carbocycles. The Morgan fingerprint density at radius 2 is 1.86 bits per heavy atom. The number of ether oxygens (including phenoxy) is 1. The Hall–Kier alpha value is -4.04. The second-order valence-corrected chi connectivity index (χ2v) is 14.2. The summed E-state index contributed by atoms with van der Waals surface area (Å²) in [5.74, 6) is -2.35. The van der Waals surface area contributed by atoms with E-state index in [-0.39, 0.29) is 29.5 Å². The van der Waals surface area contributed by atoms with E-state index < -0.39 is 45.2 Å². The van der Waals surface area contributed by atoms with Gasteiger partial charge in [0.2, 0.25) is 21.7 Å². The van der Waals surface area contributed by atoms with Gasteiger partial charge in [-0.25, -0.2) is 22.2 Å². The molecule has 232 valence electrons. The van der Waals surface area contributed by atoms with Crippen LogP contribution in [0.5, 0.6) is 5.88 Å². The Morgan fingerprint density at radius 1 is 1.14 bits per heavy atom. The number of sulfonamides is 1. The first-order chi connectivity index (χ1) is 20.6. The molecule has 0 radical (unpaired) electrons. The van der Waals surface area contributed by atoms with E-state index in [4.69, 9.17) is 4.74 Å². The van der Waals surface area contributed by atoms with Crippen LogP contribution in [0.4, 0.5) is 8.78 Å². The van der Waals surface area contributed by atoms with Crippen LogP contribution in [0.3, 0.4) is 0 Å². The highest BCUT2D eigenvalue weighted by molar-refractivity contribution is 7.89. The third-order valence-electron chi connectivity index (χ3n) is 8.71. The number of carboxylic acids is 1. The summed E-state index contributed by atoms with van der Waals surface area (Å²) in [6, 6.07) is 4.89. The second-order valence-electron chi connectivity index (χ2n) is 12.3. The topological polar surface area (TPSA) is 140 Å². The summed E-state index contributed by atoms with van der Waals surface area (Å²) in [4.78, 5) is 21.5. The van der Waals surface area contributed by atoms with Crippen LogP contribution in [-0.2, 0) is 21.4 Å². The zero-order valence-electron chi connectivity index (χ0n) is 24.9.